The van der Waals surface area contributed by atoms with Gasteiger partial charge in [0.2, 0.25) is 0 Å². The van der Waals surface area contributed by atoms with Crippen molar-refractivity contribution in [3.8, 4) is 11.3 Å². The van der Waals surface area contributed by atoms with Gasteiger partial charge in [0, 0.05) is 30.3 Å². The summed E-state index contributed by atoms with van der Waals surface area (Å²) in [6.07, 6.45) is 3.22. The molecule has 0 aliphatic carbocycles. The van der Waals surface area contributed by atoms with Gasteiger partial charge in [-0.05, 0) is 12.1 Å². The highest BCUT2D eigenvalue weighted by Gasteiger charge is 2.19. The molecule has 1 aromatic carbocycles. The molecule has 0 saturated carbocycles. The predicted octanol–water partition coefficient (Wildman–Crippen LogP) is 3.46. The number of halogens is 1. The van der Waals surface area contributed by atoms with Crippen LogP contribution in [0.15, 0.2) is 52.7 Å². The third-order valence-electron chi connectivity index (χ3n) is 3.79. The molecule has 25 heavy (non-hydrogen) atoms. The maximum Gasteiger partial charge on any atom is 0.271 e. The maximum absolute atomic E-state index is 13.4. The summed E-state index contributed by atoms with van der Waals surface area (Å²) in [5, 5.41) is 5.58. The number of hydrogen-bond donors (Lipinski definition) is 0. The molecule has 0 aliphatic heterocycles. The molecule has 0 aliphatic rings. The van der Waals surface area contributed by atoms with E-state index in [1.54, 1.807) is 46.1 Å². The van der Waals surface area contributed by atoms with Crippen molar-refractivity contribution in [2.75, 3.05) is 7.05 Å². The minimum Gasteiger partial charge on any atom is -0.364 e. The van der Waals surface area contributed by atoms with Crippen molar-refractivity contribution < 1.29 is 13.7 Å². The zero-order chi connectivity index (χ0) is 17.4. The van der Waals surface area contributed by atoms with Crippen LogP contribution in [-0.4, -0.2) is 32.4 Å². The first kappa shape index (κ1) is 15.5. The van der Waals surface area contributed by atoms with Gasteiger partial charge in [0.25, 0.3) is 5.91 Å². The van der Waals surface area contributed by atoms with E-state index in [0.717, 1.165) is 0 Å². The number of thiazole rings is 1. The molecule has 0 fully saturated rings. The zero-order valence-corrected chi connectivity index (χ0v) is 14.0. The zero-order valence-electron chi connectivity index (χ0n) is 13.2. The van der Waals surface area contributed by atoms with Crippen molar-refractivity contribution in [3.63, 3.8) is 0 Å². The normalized spacial score (nSPS) is 11.1. The lowest BCUT2D eigenvalue weighted by atomic mass is 10.2. The van der Waals surface area contributed by atoms with Crippen molar-refractivity contribution in [3.05, 3.63) is 65.4 Å². The summed E-state index contributed by atoms with van der Waals surface area (Å²) < 4.78 is 19.9. The SMILES string of the molecule is CN(Cc1ccon1)C(=O)c1csc2nc(-c3cccc(F)c3)cn12. The quantitative estimate of drug-likeness (QED) is 0.562. The van der Waals surface area contributed by atoms with Crippen LogP contribution in [0.5, 0.6) is 0 Å². The van der Waals surface area contributed by atoms with Crippen LogP contribution in [0.2, 0.25) is 0 Å². The van der Waals surface area contributed by atoms with E-state index >= 15 is 0 Å². The Balaban J connectivity index is 1.65. The Morgan fingerprint density at radius 2 is 2.28 bits per heavy atom. The predicted molar refractivity (Wildman–Crippen MR) is 90.8 cm³/mol. The van der Waals surface area contributed by atoms with E-state index in [1.165, 1.54) is 29.7 Å². The monoisotopic (exact) mass is 356 g/mol. The first-order valence-corrected chi connectivity index (χ1v) is 8.37. The fraction of sp³-hybridized carbons (Fsp3) is 0.118. The van der Waals surface area contributed by atoms with Crippen LogP contribution in [0.3, 0.4) is 0 Å². The largest absolute Gasteiger partial charge is 0.364 e. The third kappa shape index (κ3) is 2.91. The molecule has 8 heteroatoms. The molecular weight excluding hydrogens is 343 g/mol. The van der Waals surface area contributed by atoms with E-state index in [0.29, 0.717) is 34.2 Å². The van der Waals surface area contributed by atoms with Gasteiger partial charge in [-0.1, -0.05) is 17.3 Å². The second-order valence-corrected chi connectivity index (χ2v) is 6.40. The lowest BCUT2D eigenvalue weighted by Gasteiger charge is -2.14. The topological polar surface area (TPSA) is 63.6 Å². The Kier molecular flexibility index (Phi) is 3.81. The van der Waals surface area contributed by atoms with Gasteiger partial charge < -0.3 is 9.42 Å². The average Bonchev–Trinajstić information content (AvgIpc) is 3.30. The molecule has 4 aromatic rings. The summed E-state index contributed by atoms with van der Waals surface area (Å²) in [5.74, 6) is -0.477. The number of nitrogens with zero attached hydrogens (tertiary/aromatic N) is 4. The number of hydrogen-bond acceptors (Lipinski definition) is 5. The van der Waals surface area contributed by atoms with Crippen molar-refractivity contribution in [1.82, 2.24) is 19.4 Å². The van der Waals surface area contributed by atoms with Crippen molar-refractivity contribution in [2.24, 2.45) is 0 Å². The highest BCUT2D eigenvalue weighted by molar-refractivity contribution is 7.15. The van der Waals surface area contributed by atoms with Crippen molar-refractivity contribution >= 4 is 22.2 Å². The standard InChI is InChI=1S/C17H13FN4O2S/c1-21(8-13-5-6-24-20-13)16(23)15-10-25-17-19-14(9-22(15)17)11-3-2-4-12(18)7-11/h2-7,9-10H,8H2,1H3. The van der Waals surface area contributed by atoms with E-state index < -0.39 is 0 Å². The van der Waals surface area contributed by atoms with Crippen LogP contribution in [0.25, 0.3) is 16.2 Å². The van der Waals surface area contributed by atoms with Gasteiger partial charge in [0.15, 0.2) is 4.96 Å². The molecule has 0 N–H and O–H groups in total. The molecule has 6 nitrogen and oxygen atoms in total. The third-order valence-corrected chi connectivity index (χ3v) is 4.63. The second kappa shape index (κ2) is 6.14. The number of rotatable bonds is 4. The van der Waals surface area contributed by atoms with Crippen molar-refractivity contribution in [2.45, 2.75) is 6.54 Å². The molecule has 3 aromatic heterocycles. The maximum atomic E-state index is 13.4. The van der Waals surface area contributed by atoms with Crippen LogP contribution in [0, 0.1) is 5.82 Å². The number of aromatic nitrogens is 3. The number of carbonyl (C=O) groups is 1. The molecule has 126 valence electrons. The minimum absolute atomic E-state index is 0.155. The minimum atomic E-state index is -0.322. The number of benzene rings is 1. The number of carbonyl (C=O) groups excluding carboxylic acids is 1. The average molecular weight is 356 g/mol. The summed E-state index contributed by atoms with van der Waals surface area (Å²) in [6.45, 7) is 0.345. The lowest BCUT2D eigenvalue weighted by Crippen LogP contribution is -2.27. The van der Waals surface area contributed by atoms with Crippen LogP contribution < -0.4 is 0 Å². The molecule has 0 atom stereocenters. The van der Waals surface area contributed by atoms with E-state index in [-0.39, 0.29) is 11.7 Å². The van der Waals surface area contributed by atoms with Crippen LogP contribution >= 0.6 is 11.3 Å². The molecule has 0 bridgehead atoms. The fourth-order valence-corrected chi connectivity index (χ4v) is 3.40. The number of imidazole rings is 1. The molecule has 3 heterocycles. The summed E-state index contributed by atoms with van der Waals surface area (Å²) in [5.41, 5.74) is 2.47. The van der Waals surface area contributed by atoms with Crippen LogP contribution in [0.1, 0.15) is 16.2 Å². The van der Waals surface area contributed by atoms with E-state index in [2.05, 4.69) is 10.1 Å². The van der Waals surface area contributed by atoms with Crippen LogP contribution in [-0.2, 0) is 6.54 Å². The first-order valence-electron chi connectivity index (χ1n) is 7.49. The Labute approximate surface area is 146 Å². The fourth-order valence-electron chi connectivity index (χ4n) is 2.55. The molecule has 0 radical (unpaired) electrons. The van der Waals surface area contributed by atoms with Gasteiger partial charge in [-0.15, -0.1) is 11.3 Å². The first-order chi connectivity index (χ1) is 12.1. The van der Waals surface area contributed by atoms with E-state index in [1.807, 2.05) is 0 Å². The molecule has 4 rings (SSSR count). The van der Waals surface area contributed by atoms with Gasteiger partial charge in [0.1, 0.15) is 23.5 Å². The summed E-state index contributed by atoms with van der Waals surface area (Å²) in [6, 6.07) is 7.94. The number of amides is 1. The molecule has 1 amide bonds. The molecule has 0 saturated heterocycles. The highest BCUT2D eigenvalue weighted by atomic mass is 32.1. The van der Waals surface area contributed by atoms with E-state index in [9.17, 15) is 9.18 Å². The molecule has 0 unspecified atom stereocenters. The molecular formula is C17H13FN4O2S. The van der Waals surface area contributed by atoms with Crippen LogP contribution in [0.4, 0.5) is 4.39 Å². The van der Waals surface area contributed by atoms with Gasteiger partial charge in [0.05, 0.1) is 12.2 Å². The van der Waals surface area contributed by atoms with Gasteiger partial charge in [-0.25, -0.2) is 9.37 Å². The second-order valence-electron chi connectivity index (χ2n) is 5.56. The van der Waals surface area contributed by atoms with E-state index in [4.69, 9.17) is 4.52 Å². The Hall–Kier alpha value is -3.00. The number of fused-ring (bicyclic) bond motifs is 1. The summed E-state index contributed by atoms with van der Waals surface area (Å²) in [7, 11) is 1.70. The van der Waals surface area contributed by atoms with Gasteiger partial charge in [-0.3, -0.25) is 9.20 Å². The molecule has 0 spiro atoms. The van der Waals surface area contributed by atoms with Gasteiger partial charge >= 0.3 is 0 Å². The Morgan fingerprint density at radius 1 is 1.40 bits per heavy atom. The van der Waals surface area contributed by atoms with Gasteiger partial charge in [-0.2, -0.15) is 0 Å². The lowest BCUT2D eigenvalue weighted by molar-refractivity contribution is 0.0775. The Bertz CT molecular complexity index is 1040. The smallest absolute Gasteiger partial charge is 0.271 e. The summed E-state index contributed by atoms with van der Waals surface area (Å²) >= 11 is 1.36. The summed E-state index contributed by atoms with van der Waals surface area (Å²) in [4.78, 5) is 19.4. The van der Waals surface area contributed by atoms with Crippen molar-refractivity contribution in [1.29, 1.82) is 0 Å². The Morgan fingerprint density at radius 3 is 3.04 bits per heavy atom. The highest BCUT2D eigenvalue weighted by Crippen LogP contribution is 2.25.